The molecule has 0 amide bonds. The van der Waals surface area contributed by atoms with Crippen molar-refractivity contribution in [1.82, 2.24) is 15.1 Å². The van der Waals surface area contributed by atoms with Gasteiger partial charge < -0.3 is 38.6 Å². The Morgan fingerprint density at radius 1 is 1.05 bits per heavy atom. The summed E-state index contributed by atoms with van der Waals surface area (Å²) in [6.45, 7) is 4.79. The van der Waals surface area contributed by atoms with Gasteiger partial charge in [0, 0.05) is 52.6 Å². The van der Waals surface area contributed by atoms with Crippen molar-refractivity contribution in [1.29, 1.82) is 5.26 Å². The minimum atomic E-state index is -2.06. The quantitative estimate of drug-likeness (QED) is 0.259. The highest BCUT2D eigenvalue weighted by Gasteiger charge is 2.63. The van der Waals surface area contributed by atoms with Crippen LogP contribution < -0.4 is 29.0 Å². The van der Waals surface area contributed by atoms with Crippen molar-refractivity contribution in [3.05, 3.63) is 62.7 Å². The van der Waals surface area contributed by atoms with Gasteiger partial charge in [0.25, 0.3) is 0 Å². The van der Waals surface area contributed by atoms with E-state index in [-0.39, 0.29) is 48.2 Å². The average Bonchev–Trinajstić information content (AvgIpc) is 3.65. The van der Waals surface area contributed by atoms with Crippen LogP contribution in [0.25, 0.3) is 0 Å². The molecule has 0 aliphatic carbocycles. The highest BCUT2D eigenvalue weighted by atomic mass is 32.2. The third kappa shape index (κ3) is 4.87. The molecule has 4 bridgehead atoms. The first-order valence-corrected chi connectivity index (χ1v) is 19.9. The number of methoxy groups -OCH3 is 2. The molecular weight excluding hydrogens is 745 g/mol. The second-order valence-corrected chi connectivity index (χ2v) is 16.9. The van der Waals surface area contributed by atoms with Gasteiger partial charge in [-0.2, -0.15) is 5.26 Å². The van der Waals surface area contributed by atoms with Crippen LogP contribution in [0.15, 0.2) is 18.2 Å². The van der Waals surface area contributed by atoms with Crippen molar-refractivity contribution in [3.8, 4) is 46.3 Å². The zero-order valence-electron chi connectivity index (χ0n) is 31.8. The van der Waals surface area contributed by atoms with Crippen LogP contribution in [0, 0.1) is 25.2 Å². The van der Waals surface area contributed by atoms with Gasteiger partial charge in [0.1, 0.15) is 18.4 Å². The van der Waals surface area contributed by atoms with Crippen molar-refractivity contribution in [3.63, 3.8) is 0 Å². The first kappa shape index (κ1) is 36.6. The van der Waals surface area contributed by atoms with E-state index >= 15 is 4.21 Å². The van der Waals surface area contributed by atoms with Gasteiger partial charge in [0.05, 0.1) is 49.4 Å². The van der Waals surface area contributed by atoms with Crippen LogP contribution in [0.3, 0.4) is 0 Å². The van der Waals surface area contributed by atoms with Crippen molar-refractivity contribution in [2.45, 2.75) is 74.6 Å². The number of phenols is 2. The summed E-state index contributed by atoms with van der Waals surface area (Å²) in [5.74, 6) is -0.469. The Morgan fingerprint density at radius 2 is 1.82 bits per heavy atom. The number of benzene rings is 3. The summed E-state index contributed by atoms with van der Waals surface area (Å²) >= 11 is 0. The SMILES string of the molecule is COc1cc2c(cc1O)CCN[C@]21C[S@@](=O)[C@@H]2c3c(OC(C)=O)c(C)c4c(c3[C@H](COC1=O)N1[C@@H]2[C@H]2c3c(cc(C)c(OC)c3O)C[C@@H]([C@@H]1C#N)N2C)OCO4. The van der Waals surface area contributed by atoms with Gasteiger partial charge in [0.15, 0.2) is 40.0 Å². The lowest BCUT2D eigenvalue weighted by Gasteiger charge is -2.61. The summed E-state index contributed by atoms with van der Waals surface area (Å²) < 4.78 is 51.8. The number of phenolic OH excluding ortho intramolecular Hbond substituents is 2. The van der Waals surface area contributed by atoms with Crippen molar-refractivity contribution < 1.29 is 52.4 Å². The van der Waals surface area contributed by atoms with E-state index in [4.69, 9.17) is 28.4 Å². The summed E-state index contributed by atoms with van der Waals surface area (Å²) in [7, 11) is 2.75. The number of esters is 2. The molecule has 2 fully saturated rings. The number of piperazine rings is 1. The fraction of sp³-hybridized carbons (Fsp3) is 0.475. The van der Waals surface area contributed by atoms with E-state index in [9.17, 15) is 25.1 Å². The number of carbonyl (C=O) groups is 2. The summed E-state index contributed by atoms with van der Waals surface area (Å²) in [4.78, 5) is 31.8. The van der Waals surface area contributed by atoms with E-state index in [2.05, 4.69) is 16.3 Å². The molecule has 7 heterocycles. The lowest BCUT2D eigenvalue weighted by atomic mass is 9.71. The Hall–Kier alpha value is -5.08. The maximum atomic E-state index is 16.0. The Balaban J connectivity index is 1.36. The van der Waals surface area contributed by atoms with Crippen LogP contribution in [0.1, 0.15) is 68.8 Å². The number of nitrogens with one attached hydrogen (secondary N) is 1. The standard InChI is InChI=1S/C40H42N4O11S/c1-17-9-21-10-23-24(13-41)44-25-14-52-39(48)40(22-12-27(50-5)26(46)11-20(22)7-8-42-40)15-56(49)38(32(44)31(43(23)4)28(21)33(47)34(17)51-6)30-29(25)37-36(53-16-54-37)18(2)35(30)55-19(3)45/h9,11-12,23-25,31-32,38,42,46-47H,7-8,10,14-16H2,1-6H3/t23-,24-,25-,31+,32+,38+,40+,56+/m0/s1. The van der Waals surface area contributed by atoms with E-state index in [0.717, 1.165) is 11.1 Å². The molecule has 2 saturated heterocycles. The van der Waals surface area contributed by atoms with Crippen LogP contribution in [-0.2, 0) is 43.5 Å². The third-order valence-electron chi connectivity index (χ3n) is 12.6. The minimum absolute atomic E-state index is 0.0492. The second kappa shape index (κ2) is 13.0. The molecule has 16 heteroatoms. The van der Waals surface area contributed by atoms with Crippen LogP contribution in [0.2, 0.25) is 0 Å². The van der Waals surface area contributed by atoms with Crippen LogP contribution in [0.4, 0.5) is 0 Å². The summed E-state index contributed by atoms with van der Waals surface area (Å²) in [5.41, 5.74) is 2.99. The van der Waals surface area contributed by atoms with E-state index in [0.29, 0.717) is 70.0 Å². The summed E-state index contributed by atoms with van der Waals surface area (Å²) in [5, 5.41) is 36.2. The molecule has 3 aromatic carbocycles. The lowest BCUT2D eigenvalue weighted by molar-refractivity contribution is -0.157. The second-order valence-electron chi connectivity index (χ2n) is 15.3. The van der Waals surface area contributed by atoms with Crippen molar-refractivity contribution >= 4 is 22.7 Å². The molecule has 0 aromatic heterocycles. The zero-order chi connectivity index (χ0) is 39.5. The fourth-order valence-corrected chi connectivity index (χ4v) is 12.5. The summed E-state index contributed by atoms with van der Waals surface area (Å²) in [6, 6.07) is 4.10. The van der Waals surface area contributed by atoms with E-state index in [1.807, 2.05) is 24.9 Å². The first-order valence-electron chi connectivity index (χ1n) is 18.5. The highest BCUT2D eigenvalue weighted by Crippen LogP contribution is 2.63. The van der Waals surface area contributed by atoms with Crippen molar-refractivity contribution in [2.75, 3.05) is 47.0 Å². The number of aromatic hydroxyl groups is 2. The van der Waals surface area contributed by atoms with Gasteiger partial charge >= 0.3 is 11.9 Å². The number of likely N-dealkylation sites (N-methyl/N-ethyl adjacent to an activating group) is 1. The largest absolute Gasteiger partial charge is 0.504 e. The predicted molar refractivity (Wildman–Crippen MR) is 199 cm³/mol. The molecule has 3 N–H and O–H groups in total. The van der Waals surface area contributed by atoms with E-state index in [1.165, 1.54) is 21.1 Å². The minimum Gasteiger partial charge on any atom is -0.504 e. The van der Waals surface area contributed by atoms with E-state index < -0.39 is 57.7 Å². The van der Waals surface area contributed by atoms with Crippen LogP contribution in [0.5, 0.6) is 40.2 Å². The third-order valence-corrected chi connectivity index (χ3v) is 14.4. The molecule has 1 spiro atoms. The lowest BCUT2D eigenvalue weighted by Crippen LogP contribution is -2.70. The number of hydrogen-bond acceptors (Lipinski definition) is 15. The molecule has 56 heavy (non-hydrogen) atoms. The van der Waals surface area contributed by atoms with Crippen LogP contribution >= 0.6 is 0 Å². The zero-order valence-corrected chi connectivity index (χ0v) is 32.6. The topological polar surface area (TPSA) is 189 Å². The number of rotatable bonds is 3. The van der Waals surface area contributed by atoms with Gasteiger partial charge in [-0.25, -0.2) is 4.79 Å². The molecule has 15 nitrogen and oxygen atoms in total. The molecule has 0 saturated carbocycles. The smallest absolute Gasteiger partial charge is 0.332 e. The molecule has 0 unspecified atom stereocenters. The monoisotopic (exact) mass is 786 g/mol. The van der Waals surface area contributed by atoms with Gasteiger partial charge in [-0.15, -0.1) is 0 Å². The maximum Gasteiger partial charge on any atom is 0.332 e. The van der Waals surface area contributed by atoms with Gasteiger partial charge in [-0.05, 0) is 68.1 Å². The van der Waals surface area contributed by atoms with Crippen LogP contribution in [-0.4, -0.2) is 101 Å². The molecule has 7 aliphatic rings. The Labute approximate surface area is 325 Å². The molecule has 3 aromatic rings. The predicted octanol–water partition coefficient (Wildman–Crippen LogP) is 3.00. The maximum absolute atomic E-state index is 16.0. The van der Waals surface area contributed by atoms with Gasteiger partial charge in [0.2, 0.25) is 6.79 Å². The number of hydrogen-bond donors (Lipinski definition) is 3. The average molecular weight is 787 g/mol. The Morgan fingerprint density at radius 3 is 2.54 bits per heavy atom. The number of fused-ring (bicyclic) bond motifs is 9. The number of aryl methyl sites for hydroxylation is 1. The molecule has 10 rings (SSSR count). The number of carbonyl (C=O) groups excluding carboxylic acids is 2. The Kier molecular flexibility index (Phi) is 8.48. The van der Waals surface area contributed by atoms with Gasteiger partial charge in [-0.1, -0.05) is 6.07 Å². The normalized spacial score (nSPS) is 29.9. The highest BCUT2D eigenvalue weighted by molar-refractivity contribution is 7.85. The van der Waals surface area contributed by atoms with Gasteiger partial charge in [-0.3, -0.25) is 24.1 Å². The van der Waals surface area contributed by atoms with E-state index in [1.54, 1.807) is 19.1 Å². The molecule has 7 aliphatic heterocycles. The number of ether oxygens (including phenoxy) is 6. The Bertz CT molecular complexity index is 2310. The molecular formula is C40H42N4O11S. The number of nitriles is 1. The molecule has 0 radical (unpaired) electrons. The van der Waals surface area contributed by atoms with Crippen molar-refractivity contribution in [2.24, 2.45) is 0 Å². The fourth-order valence-electron chi connectivity index (χ4n) is 10.4. The molecule has 294 valence electrons. The first-order chi connectivity index (χ1) is 26.9. The molecule has 8 atom stereocenters. The number of nitrogens with zero attached hydrogens (tertiary/aromatic N) is 3. The summed E-state index contributed by atoms with van der Waals surface area (Å²) in [6.07, 6.45) is 0.882.